The lowest BCUT2D eigenvalue weighted by Crippen LogP contribution is -2.57. The lowest BCUT2D eigenvalue weighted by molar-refractivity contribution is 0.675. The molecule has 60 radical (unpaired) electrons. The molecule has 9 aromatic carbocycles. The molecular formula is C48B30O. The lowest BCUT2D eigenvalue weighted by atomic mass is 9.54. The molecule has 288 valence electrons. The molecule has 0 N–H and O–H groups in total. The molecule has 10 aromatic rings. The zero-order valence-corrected chi connectivity index (χ0v) is 41.7. The molecule has 31 heteroatoms. The Balaban J connectivity index is 1.42. The van der Waals surface area contributed by atoms with Gasteiger partial charge in [-0.1, -0.05) is 98.3 Å². The molecule has 0 aliphatic rings. The third kappa shape index (κ3) is 7.52. The van der Waals surface area contributed by atoms with E-state index in [0.29, 0.717) is 0 Å². The van der Waals surface area contributed by atoms with Gasteiger partial charge in [0.1, 0.15) is 247 Å². The summed E-state index contributed by atoms with van der Waals surface area (Å²) in [4.78, 5) is 0. The highest BCUT2D eigenvalue weighted by atomic mass is 16.3. The van der Waals surface area contributed by atoms with Crippen LogP contribution >= 0.6 is 0 Å². The Morgan fingerprint density at radius 2 is 0.304 bits per heavy atom. The van der Waals surface area contributed by atoms with Crippen molar-refractivity contribution in [1.82, 2.24) is 0 Å². The van der Waals surface area contributed by atoms with Crippen molar-refractivity contribution >= 4 is 454 Å². The van der Waals surface area contributed by atoms with Crippen LogP contribution in [0.5, 0.6) is 0 Å². The van der Waals surface area contributed by atoms with E-state index in [-0.39, 0.29) is 263 Å². The smallest absolute Gasteiger partial charge is 0.128 e. The van der Waals surface area contributed by atoms with Gasteiger partial charge in [0, 0.05) is 10.8 Å². The van der Waals surface area contributed by atoms with E-state index in [1.54, 1.807) is 0 Å². The molecule has 1 aromatic heterocycles. The summed E-state index contributed by atoms with van der Waals surface area (Å²) < 4.78 is 6.28. The standard InChI is InChI=1S/C48B30O/c49-17-11(33(65)46(78)48-16(17)15-18(50)12-14(34(66)47(15)79-48)32(64)42(74)41(73)31(12)63)13-27(59)25(57)9(26(58)28(13)60)2-6-3(19(51)35(67)38(70)22(6)54)1(4-7(2)23(55)39(71)36(68)20(4)52)5-8(24(56)40(72)37(69)21(5)53)10-29(61)43(75)45(77)44(76)30(10)62. The summed E-state index contributed by atoms with van der Waals surface area (Å²) in [6.07, 6.45) is 0. The summed E-state index contributed by atoms with van der Waals surface area (Å²) in [5.41, 5.74) is -6.66. The Bertz CT molecular complexity index is 4460. The van der Waals surface area contributed by atoms with E-state index < -0.39 is 0 Å². The number of hydrogen-bond acceptors (Lipinski definition) is 1. The fourth-order valence-electron chi connectivity index (χ4n) is 11.0. The van der Waals surface area contributed by atoms with Gasteiger partial charge in [0.15, 0.2) is 0 Å². The average molecular weight is 917 g/mol. The fourth-order valence-corrected chi connectivity index (χ4v) is 11.0. The van der Waals surface area contributed by atoms with Crippen LogP contribution in [0.1, 0.15) is 0 Å². The Hall–Kier alpha value is -4.49. The Kier molecular flexibility index (Phi) is 14.3. The summed E-state index contributed by atoms with van der Waals surface area (Å²) in [6, 6.07) is 0. The number of rotatable bonds is 4. The van der Waals surface area contributed by atoms with E-state index in [1.807, 2.05) is 0 Å². The molecule has 79 heavy (non-hydrogen) atoms. The highest BCUT2D eigenvalue weighted by Gasteiger charge is 2.32. The van der Waals surface area contributed by atoms with E-state index in [4.69, 9.17) is 240 Å². The molecule has 10 rings (SSSR count). The number of fused-ring (bicyclic) bond motifs is 6. The molecule has 0 aliphatic carbocycles. The first-order chi connectivity index (χ1) is 36.8. The molecule has 0 amide bonds. The zero-order valence-electron chi connectivity index (χ0n) is 41.7. The van der Waals surface area contributed by atoms with Crippen LogP contribution in [-0.4, -0.2) is 235 Å². The van der Waals surface area contributed by atoms with Crippen molar-refractivity contribution in [2.75, 3.05) is 0 Å². The summed E-state index contributed by atoms with van der Waals surface area (Å²) in [5.74, 6) is 0. The predicted octanol–water partition coefficient (Wildman–Crippen LogP) is -22.5. The van der Waals surface area contributed by atoms with E-state index in [2.05, 4.69) is 0 Å². The summed E-state index contributed by atoms with van der Waals surface area (Å²) >= 11 is 0. The first-order valence-electron chi connectivity index (χ1n) is 23.1. The van der Waals surface area contributed by atoms with E-state index >= 15 is 0 Å². The van der Waals surface area contributed by atoms with Gasteiger partial charge in [-0.05, 0) is 82.3 Å². The fraction of sp³-hybridized carbons (Fsp3) is 0. The summed E-state index contributed by atoms with van der Waals surface area (Å²) in [5, 5.41) is 0.199. The molecule has 0 aliphatic heterocycles. The van der Waals surface area contributed by atoms with Crippen LogP contribution in [0.4, 0.5) is 0 Å². The Labute approximate surface area is 498 Å². The van der Waals surface area contributed by atoms with Crippen LogP contribution in [0.2, 0.25) is 0 Å². The van der Waals surface area contributed by atoms with Crippen molar-refractivity contribution in [3.63, 3.8) is 0 Å². The van der Waals surface area contributed by atoms with Gasteiger partial charge in [0.25, 0.3) is 0 Å². The summed E-state index contributed by atoms with van der Waals surface area (Å²) in [7, 11) is 204. The quantitative estimate of drug-likeness (QED) is 0.127. The van der Waals surface area contributed by atoms with Crippen molar-refractivity contribution in [3.8, 4) is 44.5 Å². The Morgan fingerprint density at radius 3 is 0.671 bits per heavy atom. The van der Waals surface area contributed by atoms with E-state index in [1.165, 1.54) is 0 Å². The van der Waals surface area contributed by atoms with Gasteiger partial charge in [0.05, 0.1) is 0 Å². The minimum atomic E-state index is -0.311. The minimum absolute atomic E-state index is 0.0110. The van der Waals surface area contributed by atoms with Gasteiger partial charge in [-0.2, -0.15) is 0 Å². The zero-order chi connectivity index (χ0) is 58.4. The predicted molar refractivity (Wildman–Crippen MR) is 370 cm³/mol. The van der Waals surface area contributed by atoms with Gasteiger partial charge in [-0.3, -0.25) is 0 Å². The van der Waals surface area contributed by atoms with E-state index in [9.17, 15) is 0 Å². The number of hydrogen-bond donors (Lipinski definition) is 0. The molecule has 1 nitrogen and oxygen atoms in total. The number of furan rings is 1. The van der Waals surface area contributed by atoms with Crippen LogP contribution in [-0.2, 0) is 0 Å². The first kappa shape index (κ1) is 57.7. The van der Waals surface area contributed by atoms with Crippen molar-refractivity contribution < 1.29 is 4.42 Å². The molecule has 0 fully saturated rings. The SMILES string of the molecule is [B]c1c([B])c([B])c(-c2c([B])c([B])c([B])c([B])c2-c2c3c([B])c([B])c([B])c([B])c3c(-c3c([B])c([B])c(-c4c([B])c([B])c5oc6c([B])c7c([B])c([B])c([B])c([B])c7c([B])c6c5c4[B])c([B])c3[B])c3c([B])c([B])c([B])c([B])c23)c([B])c1[B]. The van der Waals surface area contributed by atoms with Crippen LogP contribution in [0.3, 0.4) is 0 Å². The van der Waals surface area contributed by atoms with Gasteiger partial charge < -0.3 is 4.42 Å². The summed E-state index contributed by atoms with van der Waals surface area (Å²) in [6.45, 7) is 0. The minimum Gasteiger partial charge on any atom is -0.457 e. The average Bonchev–Trinajstić information content (AvgIpc) is 4.08. The van der Waals surface area contributed by atoms with Crippen LogP contribution in [0.25, 0.3) is 98.8 Å². The van der Waals surface area contributed by atoms with Gasteiger partial charge >= 0.3 is 0 Å². The number of benzene rings is 9. The van der Waals surface area contributed by atoms with Gasteiger partial charge in [-0.15, -0.1) is 60.1 Å². The topological polar surface area (TPSA) is 13.1 Å². The second-order valence-electron chi connectivity index (χ2n) is 19.2. The third-order valence-corrected chi connectivity index (χ3v) is 15.3. The highest BCUT2D eigenvalue weighted by Crippen LogP contribution is 2.41. The first-order valence-corrected chi connectivity index (χ1v) is 23.1. The van der Waals surface area contributed by atoms with Crippen LogP contribution in [0, 0.1) is 0 Å². The molecular weight excluding hydrogens is 917 g/mol. The maximum absolute atomic E-state index is 7.24. The van der Waals surface area contributed by atoms with Gasteiger partial charge in [-0.25, -0.2) is 0 Å². The molecule has 0 spiro atoms. The molecule has 0 saturated carbocycles. The normalized spacial score (nSPS) is 11.8. The molecule has 0 bridgehead atoms. The second-order valence-corrected chi connectivity index (χ2v) is 19.2. The maximum atomic E-state index is 7.24. The lowest BCUT2D eigenvalue weighted by Gasteiger charge is -2.34. The second kappa shape index (κ2) is 19.6. The largest absolute Gasteiger partial charge is 0.457 e. The Morgan fingerprint density at radius 1 is 0.114 bits per heavy atom. The molecule has 1 heterocycles. The third-order valence-electron chi connectivity index (χ3n) is 15.3. The van der Waals surface area contributed by atoms with Crippen molar-refractivity contribution in [1.29, 1.82) is 0 Å². The molecule has 0 saturated heterocycles. The monoisotopic (exact) mass is 922 g/mol. The maximum Gasteiger partial charge on any atom is 0.128 e. The van der Waals surface area contributed by atoms with Crippen molar-refractivity contribution in [2.45, 2.75) is 0 Å². The van der Waals surface area contributed by atoms with Crippen molar-refractivity contribution in [3.05, 3.63) is 0 Å². The van der Waals surface area contributed by atoms with Crippen molar-refractivity contribution in [2.24, 2.45) is 0 Å². The highest BCUT2D eigenvalue weighted by molar-refractivity contribution is 6.77. The molecule has 0 unspecified atom stereocenters. The molecule has 0 atom stereocenters. The van der Waals surface area contributed by atoms with Crippen LogP contribution in [0.15, 0.2) is 4.42 Å². The van der Waals surface area contributed by atoms with Gasteiger partial charge in [0.2, 0.25) is 0 Å². The van der Waals surface area contributed by atoms with Crippen LogP contribution < -0.4 is 164 Å². The van der Waals surface area contributed by atoms with E-state index in [0.717, 1.165) is 0 Å².